The number of benzene rings is 2. The standard InChI is InChI=1S/C25H34N2/c1-2-17-27-24-13-7-6-11-22(24)12-8-14-25(27)23-15-18-26(19-16-23)20-21-9-4-3-5-10-21/h3-7,9-11,13,23,25H,2,8,12,14-20H2,1H3. The van der Waals surface area contributed by atoms with Crippen molar-refractivity contribution >= 4 is 5.69 Å². The van der Waals surface area contributed by atoms with Gasteiger partial charge in [-0.2, -0.15) is 0 Å². The Balaban J connectivity index is 1.43. The van der Waals surface area contributed by atoms with Crippen molar-refractivity contribution in [1.82, 2.24) is 4.90 Å². The molecular formula is C25H34N2. The van der Waals surface area contributed by atoms with Crippen LogP contribution in [0.15, 0.2) is 54.6 Å². The summed E-state index contributed by atoms with van der Waals surface area (Å²) < 4.78 is 0. The normalized spacial score (nSPS) is 21.7. The summed E-state index contributed by atoms with van der Waals surface area (Å²) in [5.41, 5.74) is 4.54. The second-order valence-corrected chi connectivity index (χ2v) is 8.38. The van der Waals surface area contributed by atoms with Crippen molar-refractivity contribution in [2.45, 2.75) is 58.0 Å². The van der Waals surface area contributed by atoms with Crippen molar-refractivity contribution in [3.05, 3.63) is 65.7 Å². The van der Waals surface area contributed by atoms with Crippen LogP contribution in [0.1, 0.15) is 50.2 Å². The number of piperidine rings is 1. The summed E-state index contributed by atoms with van der Waals surface area (Å²) >= 11 is 0. The van der Waals surface area contributed by atoms with Crippen molar-refractivity contribution in [3.8, 4) is 0 Å². The summed E-state index contributed by atoms with van der Waals surface area (Å²) in [4.78, 5) is 5.43. The minimum absolute atomic E-state index is 0.729. The van der Waals surface area contributed by atoms with E-state index in [9.17, 15) is 0 Å². The molecule has 2 aromatic rings. The van der Waals surface area contributed by atoms with Crippen molar-refractivity contribution < 1.29 is 0 Å². The van der Waals surface area contributed by atoms with Crippen LogP contribution in [0.4, 0.5) is 5.69 Å². The fourth-order valence-electron chi connectivity index (χ4n) is 5.19. The van der Waals surface area contributed by atoms with Gasteiger partial charge in [-0.15, -0.1) is 0 Å². The van der Waals surface area contributed by atoms with Crippen LogP contribution in [0.3, 0.4) is 0 Å². The van der Waals surface area contributed by atoms with E-state index in [0.717, 1.165) is 18.5 Å². The first kappa shape index (κ1) is 18.6. The number of hydrogen-bond donors (Lipinski definition) is 0. The zero-order chi connectivity index (χ0) is 18.5. The summed E-state index contributed by atoms with van der Waals surface area (Å²) in [5.74, 6) is 0.842. The molecule has 0 radical (unpaired) electrons. The summed E-state index contributed by atoms with van der Waals surface area (Å²) in [7, 11) is 0. The molecule has 2 aliphatic rings. The molecular weight excluding hydrogens is 328 g/mol. The Kier molecular flexibility index (Phi) is 6.14. The largest absolute Gasteiger partial charge is 0.368 e. The Hall–Kier alpha value is -1.80. The van der Waals surface area contributed by atoms with Crippen LogP contribution < -0.4 is 4.90 Å². The van der Waals surface area contributed by atoms with Crippen molar-refractivity contribution in [1.29, 1.82) is 0 Å². The van der Waals surface area contributed by atoms with E-state index in [-0.39, 0.29) is 0 Å². The zero-order valence-corrected chi connectivity index (χ0v) is 16.8. The molecule has 2 heterocycles. The van der Waals surface area contributed by atoms with E-state index in [0.29, 0.717) is 0 Å². The van der Waals surface area contributed by atoms with E-state index in [4.69, 9.17) is 0 Å². The first-order valence-electron chi connectivity index (χ1n) is 11.0. The smallest absolute Gasteiger partial charge is 0.0401 e. The van der Waals surface area contributed by atoms with Gasteiger partial charge < -0.3 is 4.90 Å². The molecule has 0 N–H and O–H groups in total. The predicted octanol–water partition coefficient (Wildman–Crippen LogP) is 5.52. The molecule has 27 heavy (non-hydrogen) atoms. The molecule has 0 aliphatic carbocycles. The van der Waals surface area contributed by atoms with Gasteiger partial charge in [-0.3, -0.25) is 4.90 Å². The van der Waals surface area contributed by atoms with Gasteiger partial charge in [-0.05, 0) is 74.7 Å². The Bertz CT molecular complexity index is 703. The quantitative estimate of drug-likeness (QED) is 0.691. The number of nitrogens with zero attached hydrogens (tertiary/aromatic N) is 2. The highest BCUT2D eigenvalue weighted by Gasteiger charge is 2.32. The highest BCUT2D eigenvalue weighted by molar-refractivity contribution is 5.55. The fraction of sp³-hybridized carbons (Fsp3) is 0.520. The second-order valence-electron chi connectivity index (χ2n) is 8.38. The van der Waals surface area contributed by atoms with Crippen LogP contribution in [0.2, 0.25) is 0 Å². The minimum Gasteiger partial charge on any atom is -0.368 e. The van der Waals surface area contributed by atoms with Crippen LogP contribution >= 0.6 is 0 Å². The lowest BCUT2D eigenvalue weighted by Crippen LogP contribution is -2.45. The molecule has 1 atom stereocenters. The lowest BCUT2D eigenvalue weighted by Gasteiger charge is -2.42. The van der Waals surface area contributed by atoms with E-state index in [1.54, 1.807) is 5.56 Å². The van der Waals surface area contributed by atoms with Crippen LogP contribution in [0.25, 0.3) is 0 Å². The molecule has 1 fully saturated rings. The number of para-hydroxylation sites is 1. The average Bonchev–Trinajstić information content (AvgIpc) is 2.90. The van der Waals surface area contributed by atoms with Gasteiger partial charge in [0.25, 0.3) is 0 Å². The Morgan fingerprint density at radius 3 is 2.41 bits per heavy atom. The highest BCUT2D eigenvalue weighted by Crippen LogP contribution is 2.36. The first-order valence-corrected chi connectivity index (χ1v) is 11.0. The van der Waals surface area contributed by atoms with E-state index >= 15 is 0 Å². The maximum Gasteiger partial charge on any atom is 0.0401 e. The number of rotatable bonds is 5. The maximum atomic E-state index is 2.78. The third kappa shape index (κ3) is 4.38. The maximum absolute atomic E-state index is 2.78. The van der Waals surface area contributed by atoms with E-state index in [2.05, 4.69) is 71.3 Å². The molecule has 1 saturated heterocycles. The summed E-state index contributed by atoms with van der Waals surface area (Å²) in [6, 6.07) is 20.8. The van der Waals surface area contributed by atoms with Crippen LogP contribution in [-0.2, 0) is 13.0 Å². The lowest BCUT2D eigenvalue weighted by molar-refractivity contribution is 0.157. The molecule has 1 unspecified atom stereocenters. The van der Waals surface area contributed by atoms with E-state index in [1.807, 2.05) is 0 Å². The molecule has 4 rings (SSSR count). The van der Waals surface area contributed by atoms with Gasteiger partial charge in [-0.25, -0.2) is 0 Å². The molecule has 2 nitrogen and oxygen atoms in total. The van der Waals surface area contributed by atoms with Gasteiger partial charge in [0.05, 0.1) is 0 Å². The van der Waals surface area contributed by atoms with Gasteiger partial charge in [0.1, 0.15) is 0 Å². The molecule has 2 aliphatic heterocycles. The molecule has 2 aromatic carbocycles. The summed E-state index contributed by atoms with van der Waals surface area (Å²) in [6.07, 6.45) is 7.88. The highest BCUT2D eigenvalue weighted by atomic mass is 15.2. The molecule has 0 spiro atoms. The molecule has 0 bridgehead atoms. The number of aryl methyl sites for hydroxylation is 1. The van der Waals surface area contributed by atoms with Gasteiger partial charge in [0.15, 0.2) is 0 Å². The van der Waals surface area contributed by atoms with Crippen LogP contribution in [0, 0.1) is 5.92 Å². The van der Waals surface area contributed by atoms with Gasteiger partial charge in [0, 0.05) is 24.8 Å². The second kappa shape index (κ2) is 8.93. The number of anilines is 1. The van der Waals surface area contributed by atoms with Crippen LogP contribution in [-0.4, -0.2) is 30.6 Å². The third-order valence-electron chi connectivity index (χ3n) is 6.54. The molecule has 0 aromatic heterocycles. The average molecular weight is 363 g/mol. The molecule has 0 saturated carbocycles. The monoisotopic (exact) mass is 362 g/mol. The van der Waals surface area contributed by atoms with Crippen molar-refractivity contribution in [2.75, 3.05) is 24.5 Å². The lowest BCUT2D eigenvalue weighted by atomic mass is 9.85. The number of hydrogen-bond acceptors (Lipinski definition) is 2. The van der Waals surface area contributed by atoms with Gasteiger partial charge >= 0.3 is 0 Å². The minimum atomic E-state index is 0.729. The number of fused-ring (bicyclic) bond motifs is 1. The van der Waals surface area contributed by atoms with Gasteiger partial charge in [0.2, 0.25) is 0 Å². The summed E-state index contributed by atoms with van der Waals surface area (Å²) in [6.45, 7) is 7.13. The molecule has 0 amide bonds. The Labute approximate surface area is 165 Å². The van der Waals surface area contributed by atoms with Crippen molar-refractivity contribution in [3.63, 3.8) is 0 Å². The molecule has 2 heteroatoms. The predicted molar refractivity (Wildman–Crippen MR) is 115 cm³/mol. The third-order valence-corrected chi connectivity index (χ3v) is 6.54. The fourth-order valence-corrected chi connectivity index (χ4v) is 5.19. The van der Waals surface area contributed by atoms with E-state index < -0.39 is 0 Å². The Morgan fingerprint density at radius 1 is 0.889 bits per heavy atom. The topological polar surface area (TPSA) is 6.48 Å². The van der Waals surface area contributed by atoms with Crippen LogP contribution in [0.5, 0.6) is 0 Å². The first-order chi connectivity index (χ1) is 13.3. The van der Waals surface area contributed by atoms with E-state index in [1.165, 1.54) is 69.4 Å². The van der Waals surface area contributed by atoms with Crippen molar-refractivity contribution in [2.24, 2.45) is 5.92 Å². The summed E-state index contributed by atoms with van der Waals surface area (Å²) in [5, 5.41) is 0. The van der Waals surface area contributed by atoms with Gasteiger partial charge in [-0.1, -0.05) is 55.5 Å². The zero-order valence-electron chi connectivity index (χ0n) is 16.8. The Morgan fingerprint density at radius 2 is 1.63 bits per heavy atom. The SMILES string of the molecule is CCCN1c2ccccc2CCCC1C1CCN(Cc2ccccc2)CC1. The molecule has 144 valence electrons. The number of likely N-dealkylation sites (tertiary alicyclic amines) is 1.